The van der Waals surface area contributed by atoms with Gasteiger partial charge in [0.15, 0.2) is 0 Å². The van der Waals surface area contributed by atoms with Crippen LogP contribution in [0.3, 0.4) is 0 Å². The minimum atomic E-state index is 0.305. The molecule has 0 amide bonds. The number of phenolic OH excluding ortho intramolecular Hbond substituents is 1. The summed E-state index contributed by atoms with van der Waals surface area (Å²) in [5.41, 5.74) is 9.46. The maximum absolute atomic E-state index is 9.88. The van der Waals surface area contributed by atoms with E-state index in [9.17, 15) is 5.11 Å². The Balaban J connectivity index is 1.56. The molecule has 0 saturated carbocycles. The van der Waals surface area contributed by atoms with Crippen LogP contribution in [0.15, 0.2) is 48.5 Å². The fourth-order valence-electron chi connectivity index (χ4n) is 4.73. The summed E-state index contributed by atoms with van der Waals surface area (Å²) in [7, 11) is 0. The first-order chi connectivity index (χ1) is 14.5. The summed E-state index contributed by atoms with van der Waals surface area (Å²) in [4.78, 5) is 0. The maximum Gasteiger partial charge on any atom is 0.120 e. The molecule has 3 heteroatoms. The summed E-state index contributed by atoms with van der Waals surface area (Å²) in [6.07, 6.45) is 2.67. The van der Waals surface area contributed by atoms with Crippen LogP contribution >= 0.6 is 0 Å². The molecule has 0 radical (unpaired) electrons. The SMILES string of the molecule is Cc1cc(O)cc(C)c1-c1cccc(COc2ccc3c(c2)CCC3CC#N)c1C. The molecular weight excluding hydrogens is 370 g/mol. The molecule has 3 aromatic rings. The lowest BCUT2D eigenvalue weighted by molar-refractivity contribution is 0.305. The van der Waals surface area contributed by atoms with E-state index >= 15 is 0 Å². The number of nitrogens with zero attached hydrogens (tertiary/aromatic N) is 1. The number of ether oxygens (including phenoxy) is 1. The highest BCUT2D eigenvalue weighted by molar-refractivity contribution is 5.75. The summed E-state index contributed by atoms with van der Waals surface area (Å²) >= 11 is 0. The molecule has 0 heterocycles. The van der Waals surface area contributed by atoms with Gasteiger partial charge in [0.1, 0.15) is 18.1 Å². The third-order valence-electron chi connectivity index (χ3n) is 6.28. The van der Waals surface area contributed by atoms with Crippen molar-refractivity contribution in [2.75, 3.05) is 0 Å². The molecule has 0 aliphatic heterocycles. The van der Waals surface area contributed by atoms with Crippen molar-refractivity contribution in [2.24, 2.45) is 0 Å². The van der Waals surface area contributed by atoms with E-state index < -0.39 is 0 Å². The number of fused-ring (bicyclic) bond motifs is 1. The molecule has 3 nitrogen and oxygen atoms in total. The number of rotatable bonds is 5. The van der Waals surface area contributed by atoms with Crippen LogP contribution in [-0.4, -0.2) is 5.11 Å². The van der Waals surface area contributed by atoms with Gasteiger partial charge in [-0.15, -0.1) is 0 Å². The Morgan fingerprint density at radius 1 is 1.07 bits per heavy atom. The molecular formula is C27H27NO2. The maximum atomic E-state index is 9.88. The van der Waals surface area contributed by atoms with E-state index in [1.807, 2.05) is 32.0 Å². The topological polar surface area (TPSA) is 53.2 Å². The molecule has 4 rings (SSSR count). The lowest BCUT2D eigenvalue weighted by Crippen LogP contribution is -2.01. The first-order valence-electron chi connectivity index (χ1n) is 10.5. The molecule has 152 valence electrons. The van der Waals surface area contributed by atoms with Gasteiger partial charge in [-0.05, 0) is 108 Å². The second-order valence-corrected chi connectivity index (χ2v) is 8.29. The minimum Gasteiger partial charge on any atom is -0.508 e. The lowest BCUT2D eigenvalue weighted by Gasteiger charge is -2.17. The van der Waals surface area contributed by atoms with E-state index in [0.29, 0.717) is 24.7 Å². The van der Waals surface area contributed by atoms with Crippen molar-refractivity contribution in [2.45, 2.75) is 52.6 Å². The number of benzene rings is 3. The number of aryl methyl sites for hydroxylation is 3. The Labute approximate surface area is 178 Å². The van der Waals surface area contributed by atoms with Gasteiger partial charge in [-0.1, -0.05) is 24.3 Å². The molecule has 1 N–H and O–H groups in total. The Morgan fingerprint density at radius 3 is 2.57 bits per heavy atom. The van der Waals surface area contributed by atoms with Crippen molar-refractivity contribution in [3.05, 3.63) is 81.9 Å². The predicted molar refractivity (Wildman–Crippen MR) is 120 cm³/mol. The highest BCUT2D eigenvalue weighted by Gasteiger charge is 2.22. The molecule has 30 heavy (non-hydrogen) atoms. The van der Waals surface area contributed by atoms with E-state index in [0.717, 1.165) is 35.3 Å². The van der Waals surface area contributed by atoms with Gasteiger partial charge in [-0.25, -0.2) is 0 Å². The van der Waals surface area contributed by atoms with Crippen LogP contribution < -0.4 is 4.74 Å². The number of hydrogen-bond acceptors (Lipinski definition) is 3. The van der Waals surface area contributed by atoms with Crippen molar-refractivity contribution in [1.82, 2.24) is 0 Å². The van der Waals surface area contributed by atoms with Gasteiger partial charge in [0.05, 0.1) is 6.07 Å². The molecule has 0 fully saturated rings. The third kappa shape index (κ3) is 3.78. The molecule has 0 spiro atoms. The monoisotopic (exact) mass is 397 g/mol. The van der Waals surface area contributed by atoms with Gasteiger partial charge in [0, 0.05) is 6.42 Å². The Hall–Kier alpha value is -3.25. The first kappa shape index (κ1) is 20.0. The van der Waals surface area contributed by atoms with Crippen molar-refractivity contribution in [1.29, 1.82) is 5.26 Å². The van der Waals surface area contributed by atoms with E-state index in [-0.39, 0.29) is 0 Å². The fraction of sp³-hybridized carbons (Fsp3) is 0.296. The molecule has 1 unspecified atom stereocenters. The van der Waals surface area contributed by atoms with Crippen LogP contribution in [0.5, 0.6) is 11.5 Å². The number of hydrogen-bond donors (Lipinski definition) is 1. The molecule has 3 aromatic carbocycles. The van der Waals surface area contributed by atoms with Gasteiger partial charge < -0.3 is 9.84 Å². The average Bonchev–Trinajstić information content (AvgIpc) is 3.10. The average molecular weight is 398 g/mol. The van der Waals surface area contributed by atoms with Crippen LogP contribution in [0.4, 0.5) is 0 Å². The second-order valence-electron chi connectivity index (χ2n) is 8.29. The van der Waals surface area contributed by atoms with E-state index in [2.05, 4.69) is 43.3 Å². The molecule has 1 aliphatic rings. The molecule has 1 atom stereocenters. The largest absolute Gasteiger partial charge is 0.508 e. The van der Waals surface area contributed by atoms with Gasteiger partial charge in [-0.3, -0.25) is 0 Å². The smallest absolute Gasteiger partial charge is 0.120 e. The predicted octanol–water partition coefficient (Wildman–Crippen LogP) is 6.51. The van der Waals surface area contributed by atoms with Crippen molar-refractivity contribution >= 4 is 0 Å². The highest BCUT2D eigenvalue weighted by Crippen LogP contribution is 2.38. The fourth-order valence-corrected chi connectivity index (χ4v) is 4.73. The molecule has 0 aromatic heterocycles. The van der Waals surface area contributed by atoms with Crippen molar-refractivity contribution in [3.63, 3.8) is 0 Å². The van der Waals surface area contributed by atoms with E-state index in [1.54, 1.807) is 0 Å². The van der Waals surface area contributed by atoms with Crippen molar-refractivity contribution in [3.8, 4) is 28.7 Å². The molecule has 1 aliphatic carbocycles. The highest BCUT2D eigenvalue weighted by atomic mass is 16.5. The van der Waals surface area contributed by atoms with Crippen LogP contribution in [0, 0.1) is 32.1 Å². The van der Waals surface area contributed by atoms with Gasteiger partial charge >= 0.3 is 0 Å². The minimum absolute atomic E-state index is 0.305. The molecule has 0 bridgehead atoms. The summed E-state index contributed by atoms with van der Waals surface area (Å²) in [6.45, 7) is 6.72. The van der Waals surface area contributed by atoms with E-state index in [1.165, 1.54) is 27.8 Å². The van der Waals surface area contributed by atoms with Gasteiger partial charge in [0.25, 0.3) is 0 Å². The number of nitriles is 1. The Bertz CT molecular complexity index is 1120. The van der Waals surface area contributed by atoms with Crippen LogP contribution in [0.2, 0.25) is 0 Å². The number of aromatic hydroxyl groups is 1. The number of phenols is 1. The Morgan fingerprint density at radius 2 is 1.83 bits per heavy atom. The van der Waals surface area contributed by atoms with Crippen LogP contribution in [0.1, 0.15) is 52.1 Å². The lowest BCUT2D eigenvalue weighted by atomic mass is 9.90. The zero-order valence-electron chi connectivity index (χ0n) is 17.8. The zero-order chi connectivity index (χ0) is 21.3. The van der Waals surface area contributed by atoms with Gasteiger partial charge in [0.2, 0.25) is 0 Å². The Kier molecular flexibility index (Phi) is 5.50. The first-order valence-corrected chi connectivity index (χ1v) is 10.5. The van der Waals surface area contributed by atoms with Crippen molar-refractivity contribution < 1.29 is 9.84 Å². The van der Waals surface area contributed by atoms with E-state index in [4.69, 9.17) is 10.00 Å². The normalized spacial score (nSPS) is 14.9. The third-order valence-corrected chi connectivity index (χ3v) is 6.28. The zero-order valence-corrected chi connectivity index (χ0v) is 17.8. The van der Waals surface area contributed by atoms with Crippen LogP contribution in [-0.2, 0) is 13.0 Å². The van der Waals surface area contributed by atoms with Gasteiger partial charge in [-0.2, -0.15) is 5.26 Å². The summed E-state index contributed by atoms with van der Waals surface area (Å²) in [6, 6.07) is 18.5. The standard InChI is InChI=1S/C27H27NO2/c1-17-13-23(29)14-18(2)27(17)25-6-4-5-22(19(25)3)16-30-24-9-10-26-20(11-12-28)7-8-21(26)15-24/h4-6,9-10,13-15,20,29H,7-8,11,16H2,1-3H3. The van der Waals surface area contributed by atoms with Crippen LogP contribution in [0.25, 0.3) is 11.1 Å². The summed E-state index contributed by atoms with van der Waals surface area (Å²) in [5, 5.41) is 18.9. The second kappa shape index (κ2) is 8.24. The summed E-state index contributed by atoms with van der Waals surface area (Å²) in [5.74, 6) is 1.56. The molecule has 0 saturated heterocycles. The quantitative estimate of drug-likeness (QED) is 0.534. The summed E-state index contributed by atoms with van der Waals surface area (Å²) < 4.78 is 6.16.